The summed E-state index contributed by atoms with van der Waals surface area (Å²) in [6, 6.07) is 9.16. The van der Waals surface area contributed by atoms with E-state index in [4.69, 9.17) is 0 Å². The van der Waals surface area contributed by atoms with E-state index in [2.05, 4.69) is 41.8 Å². The highest BCUT2D eigenvalue weighted by Gasteiger charge is 2.32. The molecule has 4 aromatic rings. The summed E-state index contributed by atoms with van der Waals surface area (Å²) in [7, 11) is 0. The van der Waals surface area contributed by atoms with Crippen molar-refractivity contribution in [1.82, 2.24) is 41.1 Å². The fourth-order valence-corrected chi connectivity index (χ4v) is 7.37. The van der Waals surface area contributed by atoms with Gasteiger partial charge in [0.15, 0.2) is 0 Å². The molecule has 0 spiro atoms. The van der Waals surface area contributed by atoms with Gasteiger partial charge < -0.3 is 41.7 Å². The van der Waals surface area contributed by atoms with Gasteiger partial charge >= 0.3 is 11.9 Å². The van der Waals surface area contributed by atoms with E-state index in [0.717, 1.165) is 28.2 Å². The zero-order valence-corrected chi connectivity index (χ0v) is 36.0. The molecular formula is C42H55N9O10S. The molecule has 0 bridgehead atoms. The van der Waals surface area contributed by atoms with Crippen LogP contribution in [-0.2, 0) is 47.1 Å². The maximum atomic E-state index is 13.1. The molecule has 334 valence electrons. The molecule has 20 heteroatoms. The lowest BCUT2D eigenvalue weighted by molar-refractivity contribution is -0.145. The van der Waals surface area contributed by atoms with E-state index in [9.17, 15) is 49.2 Å². The molecule has 19 nitrogen and oxygen atoms in total. The number of amides is 4. The number of aromatic hydroxyl groups is 2. The highest BCUT2D eigenvalue weighted by atomic mass is 32.1. The number of aryl methyl sites for hydroxylation is 3. The molecule has 0 saturated heterocycles. The first-order chi connectivity index (χ1) is 29.4. The highest BCUT2D eigenvalue weighted by molar-refractivity contribution is 7.15. The van der Waals surface area contributed by atoms with Crippen molar-refractivity contribution in [3.63, 3.8) is 0 Å². The number of nitrogens with one attached hydrogen (secondary N) is 4. The molecule has 0 aliphatic heterocycles. The van der Waals surface area contributed by atoms with Gasteiger partial charge in [-0.05, 0) is 86.8 Å². The van der Waals surface area contributed by atoms with E-state index >= 15 is 0 Å². The normalized spacial score (nSPS) is 12.9. The third-order valence-electron chi connectivity index (χ3n) is 10.4. The average molecular weight is 878 g/mol. The lowest BCUT2D eigenvalue weighted by Gasteiger charge is -2.31. The summed E-state index contributed by atoms with van der Waals surface area (Å²) in [5.41, 5.74) is 1.46. The van der Waals surface area contributed by atoms with Crippen molar-refractivity contribution >= 4 is 52.0 Å². The standard InChI is InChI=1S/C42H55N9O10S/c1-25(2)32(9-5-6-21-51-24-29(48-50-51)8-7-10-35(54)46-41-49-47-26(3)62-41)43-37(56)23-34(40(60)61)45-38(57)22-33(39(58)59)44-36(55)19-20-42(4,27-11-15-30(52)16-12-27)28-13-17-31(53)18-14-28/h11-18,24-25,32-34,52-53H,5-10,19-23H2,1-4H3,(H,43,56)(H,44,55)(H,45,57)(H,58,59)(H,60,61)(H,46,49,54)/t32-,33?,34?/m0/s1. The maximum Gasteiger partial charge on any atom is 0.326 e. The number of aromatic nitrogens is 5. The number of carbonyl (C=O) groups excluding carboxylic acids is 4. The minimum Gasteiger partial charge on any atom is -0.508 e. The Labute approximate surface area is 362 Å². The highest BCUT2D eigenvalue weighted by Crippen LogP contribution is 2.37. The molecular weight excluding hydrogens is 823 g/mol. The molecule has 8 N–H and O–H groups in total. The van der Waals surface area contributed by atoms with Crippen LogP contribution in [-0.4, -0.2) is 99.3 Å². The molecule has 2 aromatic heterocycles. The third kappa shape index (κ3) is 15.2. The van der Waals surface area contributed by atoms with Crippen LogP contribution in [0, 0.1) is 12.8 Å². The zero-order chi connectivity index (χ0) is 45.4. The number of aliphatic carboxylic acids is 2. The number of nitrogens with zero attached hydrogens (tertiary/aromatic N) is 5. The van der Waals surface area contributed by atoms with Crippen molar-refractivity contribution < 1.29 is 49.2 Å². The van der Waals surface area contributed by atoms with Crippen LogP contribution in [0.25, 0.3) is 0 Å². The van der Waals surface area contributed by atoms with E-state index in [1.807, 2.05) is 33.9 Å². The second kappa shape index (κ2) is 23.0. The van der Waals surface area contributed by atoms with Crippen molar-refractivity contribution in [1.29, 1.82) is 0 Å². The number of benzene rings is 2. The summed E-state index contributed by atoms with van der Waals surface area (Å²) in [6.07, 6.45) is 3.92. The van der Waals surface area contributed by atoms with Crippen LogP contribution in [0.5, 0.6) is 11.5 Å². The lowest BCUT2D eigenvalue weighted by Crippen LogP contribution is -2.49. The number of anilines is 1. The Bertz CT molecular complexity index is 2090. The zero-order valence-electron chi connectivity index (χ0n) is 35.2. The fraction of sp³-hybridized carbons (Fsp3) is 0.476. The Hall–Kier alpha value is -6.44. The van der Waals surface area contributed by atoms with Crippen LogP contribution < -0.4 is 21.3 Å². The number of carbonyl (C=O) groups is 6. The fourth-order valence-electron chi connectivity index (χ4n) is 6.77. The van der Waals surface area contributed by atoms with E-state index < -0.39 is 60.0 Å². The molecule has 0 aliphatic rings. The van der Waals surface area contributed by atoms with Gasteiger partial charge in [0, 0.05) is 37.0 Å². The summed E-state index contributed by atoms with van der Waals surface area (Å²) in [5, 5.41) is 66.8. The average Bonchev–Trinajstić information content (AvgIpc) is 3.85. The second-order valence-corrected chi connectivity index (χ2v) is 16.8. The summed E-state index contributed by atoms with van der Waals surface area (Å²) >= 11 is 1.31. The first kappa shape index (κ1) is 48.2. The summed E-state index contributed by atoms with van der Waals surface area (Å²) in [5.74, 6) is -5.34. The molecule has 0 aliphatic carbocycles. The number of carboxylic acids is 2. The van der Waals surface area contributed by atoms with Crippen LogP contribution in [0.2, 0.25) is 0 Å². The Balaban J connectivity index is 1.21. The van der Waals surface area contributed by atoms with Crippen molar-refractivity contribution in [3.05, 3.63) is 76.6 Å². The number of phenols is 2. The molecule has 0 radical (unpaired) electrons. The Morgan fingerprint density at radius 2 is 1.29 bits per heavy atom. The summed E-state index contributed by atoms with van der Waals surface area (Å²) in [4.78, 5) is 75.5. The van der Waals surface area contributed by atoms with Gasteiger partial charge in [0.25, 0.3) is 0 Å². The van der Waals surface area contributed by atoms with Gasteiger partial charge in [-0.2, -0.15) is 0 Å². The smallest absolute Gasteiger partial charge is 0.326 e. The van der Waals surface area contributed by atoms with Crippen molar-refractivity contribution in [2.45, 2.75) is 122 Å². The van der Waals surface area contributed by atoms with Crippen LogP contribution in [0.1, 0.15) is 100 Å². The van der Waals surface area contributed by atoms with Crippen LogP contribution in [0.4, 0.5) is 5.13 Å². The number of rotatable bonds is 25. The molecule has 62 heavy (non-hydrogen) atoms. The van der Waals surface area contributed by atoms with E-state index in [0.29, 0.717) is 43.8 Å². The van der Waals surface area contributed by atoms with Crippen LogP contribution in [0.3, 0.4) is 0 Å². The van der Waals surface area contributed by atoms with Gasteiger partial charge in [0.05, 0.1) is 18.5 Å². The van der Waals surface area contributed by atoms with E-state index in [1.54, 1.807) is 28.9 Å². The molecule has 2 unspecified atom stereocenters. The largest absolute Gasteiger partial charge is 0.508 e. The molecule has 2 aromatic carbocycles. The quantitative estimate of drug-likeness (QED) is 0.0440. The van der Waals surface area contributed by atoms with Crippen LogP contribution >= 0.6 is 11.3 Å². The first-order valence-corrected chi connectivity index (χ1v) is 21.1. The van der Waals surface area contributed by atoms with Crippen LogP contribution in [0.15, 0.2) is 54.7 Å². The lowest BCUT2D eigenvalue weighted by atomic mass is 9.73. The van der Waals surface area contributed by atoms with E-state index in [-0.39, 0.29) is 42.2 Å². The predicted molar refractivity (Wildman–Crippen MR) is 227 cm³/mol. The van der Waals surface area contributed by atoms with Gasteiger partial charge in [-0.25, -0.2) is 9.59 Å². The van der Waals surface area contributed by atoms with Gasteiger partial charge in [-0.15, -0.1) is 15.3 Å². The van der Waals surface area contributed by atoms with E-state index in [1.165, 1.54) is 35.6 Å². The Kier molecular flexibility index (Phi) is 17.9. The topological polar surface area (TPSA) is 288 Å². The summed E-state index contributed by atoms with van der Waals surface area (Å²) in [6.45, 7) is 8.08. The summed E-state index contributed by atoms with van der Waals surface area (Å²) < 4.78 is 1.72. The Morgan fingerprint density at radius 3 is 1.82 bits per heavy atom. The minimum atomic E-state index is -1.69. The molecule has 0 saturated carbocycles. The second-order valence-electron chi connectivity index (χ2n) is 15.7. The number of phenolic OH excluding ortho intramolecular Hbond substituents is 2. The number of hydrogen-bond acceptors (Lipinski definition) is 13. The van der Waals surface area contributed by atoms with Crippen molar-refractivity contribution in [2.24, 2.45) is 5.92 Å². The van der Waals surface area contributed by atoms with Gasteiger partial charge in [-0.1, -0.05) is 61.6 Å². The monoisotopic (exact) mass is 877 g/mol. The maximum absolute atomic E-state index is 13.1. The van der Waals surface area contributed by atoms with Crippen molar-refractivity contribution in [2.75, 3.05) is 5.32 Å². The molecule has 4 amide bonds. The van der Waals surface area contributed by atoms with Gasteiger partial charge in [-0.3, -0.25) is 23.9 Å². The van der Waals surface area contributed by atoms with Crippen molar-refractivity contribution in [3.8, 4) is 11.5 Å². The number of carboxylic acid groups (broad SMARTS) is 2. The minimum absolute atomic E-state index is 0.00265. The number of hydrogen-bond donors (Lipinski definition) is 8. The Morgan fingerprint density at radius 1 is 0.726 bits per heavy atom. The first-order valence-electron chi connectivity index (χ1n) is 20.3. The molecule has 3 atom stereocenters. The third-order valence-corrected chi connectivity index (χ3v) is 11.2. The molecule has 4 rings (SSSR count). The van der Waals surface area contributed by atoms with Gasteiger partial charge in [0.2, 0.25) is 28.8 Å². The molecule has 2 heterocycles. The predicted octanol–water partition coefficient (Wildman–Crippen LogP) is 3.83. The SMILES string of the molecule is Cc1nnc(NC(=O)CCCc2cn(CCCC[C@H](NC(=O)CC(NC(=O)CC(NC(=O)CCC(C)(c3ccc(O)cc3)c3ccc(O)cc3)C(=O)O)C(=O)O)C(C)C)nn2)s1. The molecule has 0 fully saturated rings. The number of unbranched alkanes of at least 4 members (excludes halogenated alkanes) is 1. The van der Waals surface area contributed by atoms with Gasteiger partial charge in [0.1, 0.15) is 28.6 Å².